The van der Waals surface area contributed by atoms with Gasteiger partial charge >= 0.3 is 0 Å². The van der Waals surface area contributed by atoms with Crippen LogP contribution >= 0.6 is 0 Å². The summed E-state index contributed by atoms with van der Waals surface area (Å²) in [6, 6.07) is 17.6. The smallest absolute Gasteiger partial charge is 0.276 e. The van der Waals surface area contributed by atoms with Crippen LogP contribution in [0.2, 0.25) is 0 Å². The summed E-state index contributed by atoms with van der Waals surface area (Å²) in [5.74, 6) is -0.526. The standard InChI is InChI=1S/C18H12FN5O/c19-14-3-1-2-4-15(14)22-17-10-9-16(23-24-17)18(25)21-13-7-5-12(11-20)6-8-13/h1-10H,(H,21,25)(H,22,24). The molecule has 122 valence electrons. The highest BCUT2D eigenvalue weighted by molar-refractivity contribution is 6.02. The first-order chi connectivity index (χ1) is 12.2. The second-order valence-corrected chi connectivity index (χ2v) is 5.05. The summed E-state index contributed by atoms with van der Waals surface area (Å²) >= 11 is 0. The molecule has 0 aliphatic heterocycles. The van der Waals surface area contributed by atoms with E-state index in [0.717, 1.165) is 0 Å². The highest BCUT2D eigenvalue weighted by atomic mass is 19.1. The Morgan fingerprint density at radius 2 is 1.76 bits per heavy atom. The van der Waals surface area contributed by atoms with Gasteiger partial charge in [0.15, 0.2) is 11.5 Å². The number of hydrogen-bond donors (Lipinski definition) is 2. The molecule has 3 aromatic rings. The zero-order valence-corrected chi connectivity index (χ0v) is 12.9. The molecule has 1 heterocycles. The first-order valence-corrected chi connectivity index (χ1v) is 7.32. The summed E-state index contributed by atoms with van der Waals surface area (Å²) < 4.78 is 13.6. The Kier molecular flexibility index (Phi) is 4.62. The zero-order valence-electron chi connectivity index (χ0n) is 12.9. The van der Waals surface area contributed by atoms with Crippen LogP contribution in [0.25, 0.3) is 0 Å². The molecular formula is C18H12FN5O. The Labute approximate surface area is 143 Å². The SMILES string of the molecule is N#Cc1ccc(NC(=O)c2ccc(Nc3ccccc3F)nn2)cc1. The quantitative estimate of drug-likeness (QED) is 0.763. The van der Waals surface area contributed by atoms with Gasteiger partial charge in [0.25, 0.3) is 5.91 Å². The minimum atomic E-state index is -0.436. The van der Waals surface area contributed by atoms with Crippen molar-refractivity contribution in [2.75, 3.05) is 10.6 Å². The van der Waals surface area contributed by atoms with Crippen molar-refractivity contribution in [3.63, 3.8) is 0 Å². The van der Waals surface area contributed by atoms with Crippen LogP contribution in [0.15, 0.2) is 60.7 Å². The normalized spacial score (nSPS) is 9.92. The Balaban J connectivity index is 1.68. The number of benzene rings is 2. The van der Waals surface area contributed by atoms with E-state index in [1.165, 1.54) is 18.2 Å². The van der Waals surface area contributed by atoms with Gasteiger partial charge in [-0.05, 0) is 48.5 Å². The molecule has 0 radical (unpaired) electrons. The van der Waals surface area contributed by atoms with E-state index in [4.69, 9.17) is 5.26 Å². The average molecular weight is 333 g/mol. The number of hydrogen-bond acceptors (Lipinski definition) is 5. The van der Waals surface area contributed by atoms with E-state index in [-0.39, 0.29) is 11.4 Å². The topological polar surface area (TPSA) is 90.7 Å². The lowest BCUT2D eigenvalue weighted by Crippen LogP contribution is -2.14. The van der Waals surface area contributed by atoms with Gasteiger partial charge in [-0.2, -0.15) is 5.26 Å². The van der Waals surface area contributed by atoms with Crippen LogP contribution in [0.4, 0.5) is 21.6 Å². The number of halogens is 1. The van der Waals surface area contributed by atoms with E-state index in [1.807, 2.05) is 6.07 Å². The number of para-hydroxylation sites is 1. The van der Waals surface area contributed by atoms with Crippen LogP contribution in [0, 0.1) is 17.1 Å². The van der Waals surface area contributed by atoms with Crippen molar-refractivity contribution in [2.24, 2.45) is 0 Å². The van der Waals surface area contributed by atoms with Crippen LogP contribution in [0.5, 0.6) is 0 Å². The number of nitrogens with one attached hydrogen (secondary N) is 2. The largest absolute Gasteiger partial charge is 0.336 e. The number of anilines is 3. The van der Waals surface area contributed by atoms with Crippen molar-refractivity contribution in [3.05, 3.63) is 77.7 Å². The Morgan fingerprint density at radius 3 is 2.40 bits per heavy atom. The van der Waals surface area contributed by atoms with E-state index < -0.39 is 11.7 Å². The van der Waals surface area contributed by atoms with E-state index in [2.05, 4.69) is 20.8 Å². The predicted molar refractivity (Wildman–Crippen MR) is 90.8 cm³/mol. The molecule has 0 fully saturated rings. The van der Waals surface area contributed by atoms with Gasteiger partial charge in [0, 0.05) is 5.69 Å². The van der Waals surface area contributed by atoms with Crippen LogP contribution in [-0.2, 0) is 0 Å². The lowest BCUT2D eigenvalue weighted by molar-refractivity contribution is 0.102. The van der Waals surface area contributed by atoms with Gasteiger partial charge in [-0.25, -0.2) is 4.39 Å². The molecule has 0 aliphatic rings. The second kappa shape index (κ2) is 7.19. The minimum absolute atomic E-state index is 0.114. The third kappa shape index (κ3) is 3.95. The number of rotatable bonds is 4. The number of nitrogens with zero attached hydrogens (tertiary/aromatic N) is 3. The summed E-state index contributed by atoms with van der Waals surface area (Å²) in [5.41, 5.74) is 1.43. The Morgan fingerprint density at radius 1 is 1.00 bits per heavy atom. The van der Waals surface area contributed by atoms with Gasteiger partial charge in [-0.15, -0.1) is 10.2 Å². The molecule has 7 heteroatoms. The first kappa shape index (κ1) is 16.1. The molecule has 2 aromatic carbocycles. The van der Waals surface area contributed by atoms with Gasteiger partial charge < -0.3 is 10.6 Å². The maximum atomic E-state index is 13.6. The van der Waals surface area contributed by atoms with Gasteiger partial charge in [0.2, 0.25) is 0 Å². The van der Waals surface area contributed by atoms with Crippen LogP contribution < -0.4 is 10.6 Å². The van der Waals surface area contributed by atoms with E-state index in [1.54, 1.807) is 42.5 Å². The zero-order chi connectivity index (χ0) is 17.6. The lowest BCUT2D eigenvalue weighted by atomic mass is 10.2. The van der Waals surface area contributed by atoms with Crippen molar-refractivity contribution < 1.29 is 9.18 Å². The highest BCUT2D eigenvalue weighted by Crippen LogP contribution is 2.17. The molecule has 3 rings (SSSR count). The molecule has 2 N–H and O–H groups in total. The van der Waals surface area contributed by atoms with Gasteiger partial charge in [-0.3, -0.25) is 4.79 Å². The van der Waals surface area contributed by atoms with Crippen molar-refractivity contribution in [2.45, 2.75) is 0 Å². The predicted octanol–water partition coefficient (Wildman–Crippen LogP) is 3.48. The molecule has 1 aromatic heterocycles. The second-order valence-electron chi connectivity index (χ2n) is 5.05. The van der Waals surface area contributed by atoms with Gasteiger partial charge in [0.1, 0.15) is 5.82 Å². The average Bonchev–Trinajstić information content (AvgIpc) is 2.65. The van der Waals surface area contributed by atoms with Gasteiger partial charge in [-0.1, -0.05) is 12.1 Å². The molecule has 0 aliphatic carbocycles. The summed E-state index contributed by atoms with van der Waals surface area (Å²) in [5, 5.41) is 21.9. The van der Waals surface area contributed by atoms with Crippen molar-refractivity contribution in [3.8, 4) is 6.07 Å². The molecule has 0 spiro atoms. The van der Waals surface area contributed by atoms with Crippen molar-refractivity contribution in [1.29, 1.82) is 5.26 Å². The van der Waals surface area contributed by atoms with Crippen molar-refractivity contribution >= 4 is 23.1 Å². The van der Waals surface area contributed by atoms with E-state index in [9.17, 15) is 9.18 Å². The number of amides is 1. The molecule has 0 unspecified atom stereocenters. The third-order valence-electron chi connectivity index (χ3n) is 3.31. The van der Waals surface area contributed by atoms with E-state index >= 15 is 0 Å². The maximum absolute atomic E-state index is 13.6. The molecule has 0 bridgehead atoms. The fraction of sp³-hybridized carbons (Fsp3) is 0. The molecule has 0 saturated heterocycles. The molecule has 0 atom stereocenters. The first-order valence-electron chi connectivity index (χ1n) is 7.32. The molecule has 0 saturated carbocycles. The van der Waals surface area contributed by atoms with Crippen LogP contribution in [0.1, 0.15) is 16.1 Å². The number of carbonyl (C=O) groups excluding carboxylic acids is 1. The fourth-order valence-corrected chi connectivity index (χ4v) is 2.04. The van der Waals surface area contributed by atoms with Crippen LogP contribution in [-0.4, -0.2) is 16.1 Å². The Bertz CT molecular complexity index is 933. The fourth-order valence-electron chi connectivity index (χ4n) is 2.04. The lowest BCUT2D eigenvalue weighted by Gasteiger charge is -2.07. The number of aromatic nitrogens is 2. The number of nitriles is 1. The molecular weight excluding hydrogens is 321 g/mol. The summed E-state index contributed by atoms with van der Waals surface area (Å²) in [4.78, 5) is 12.1. The monoisotopic (exact) mass is 333 g/mol. The Hall–Kier alpha value is -3.79. The highest BCUT2D eigenvalue weighted by Gasteiger charge is 2.09. The number of carbonyl (C=O) groups is 1. The molecule has 6 nitrogen and oxygen atoms in total. The van der Waals surface area contributed by atoms with Crippen LogP contribution in [0.3, 0.4) is 0 Å². The van der Waals surface area contributed by atoms with Crippen molar-refractivity contribution in [1.82, 2.24) is 10.2 Å². The summed E-state index contributed by atoms with van der Waals surface area (Å²) in [7, 11) is 0. The third-order valence-corrected chi connectivity index (χ3v) is 3.31. The maximum Gasteiger partial charge on any atom is 0.276 e. The summed E-state index contributed by atoms with van der Waals surface area (Å²) in [6.07, 6.45) is 0. The molecule has 25 heavy (non-hydrogen) atoms. The van der Waals surface area contributed by atoms with E-state index in [0.29, 0.717) is 17.1 Å². The molecule has 1 amide bonds. The summed E-state index contributed by atoms with van der Waals surface area (Å²) in [6.45, 7) is 0. The minimum Gasteiger partial charge on any atom is -0.336 e. The van der Waals surface area contributed by atoms with Gasteiger partial charge in [0.05, 0.1) is 17.3 Å².